The molecule has 1 atom stereocenters. The smallest absolute Gasteiger partial charge is 0.272 e. The number of benzene rings is 1. The van der Waals surface area contributed by atoms with Gasteiger partial charge in [0.05, 0.1) is 25.6 Å². The molecule has 1 aliphatic carbocycles. The van der Waals surface area contributed by atoms with Crippen LogP contribution in [0.2, 0.25) is 14.4 Å². The highest BCUT2D eigenvalue weighted by Crippen LogP contribution is 2.37. The molecule has 0 radical (unpaired) electrons. The maximum atomic E-state index is 13.2. The van der Waals surface area contributed by atoms with Gasteiger partial charge in [-0.15, -0.1) is 11.3 Å². The summed E-state index contributed by atoms with van der Waals surface area (Å²) in [6.45, 7) is 4.01. The van der Waals surface area contributed by atoms with Crippen molar-refractivity contribution in [3.05, 3.63) is 56.0 Å². The largest absolute Gasteiger partial charge is 0.348 e. The molecule has 0 aliphatic heterocycles. The molecule has 0 bridgehead atoms. The van der Waals surface area contributed by atoms with E-state index in [0.717, 1.165) is 29.0 Å². The molecule has 8 heteroatoms. The third kappa shape index (κ3) is 4.80. The van der Waals surface area contributed by atoms with Gasteiger partial charge >= 0.3 is 0 Å². The molecule has 1 amide bonds. The van der Waals surface area contributed by atoms with Crippen LogP contribution in [0.1, 0.15) is 55.1 Å². The lowest BCUT2D eigenvalue weighted by atomic mass is 9.84. The second kappa shape index (κ2) is 9.53. The number of amides is 1. The van der Waals surface area contributed by atoms with Crippen molar-refractivity contribution in [2.24, 2.45) is 5.92 Å². The van der Waals surface area contributed by atoms with Gasteiger partial charge in [-0.1, -0.05) is 54.1 Å². The van der Waals surface area contributed by atoms with Gasteiger partial charge in [-0.3, -0.25) is 4.79 Å². The second-order valence-electron chi connectivity index (χ2n) is 8.09. The Balaban J connectivity index is 1.73. The maximum absolute atomic E-state index is 13.2. The molecule has 1 unspecified atom stereocenters. The minimum absolute atomic E-state index is 0.108. The fourth-order valence-electron chi connectivity index (χ4n) is 4.30. The Hall–Kier alpha value is -1.53. The standard InChI is InChI=1S/C23H24Cl3N3OS/c1-13-21(23(30)27-14(2)15-6-4-3-5-7-15)28-29(18-9-8-16(24)12-17(18)25)22(13)19-10-11-20(26)31-19/h8-12,14-15H,3-7H2,1-2H3,(H,27,30). The van der Waals surface area contributed by atoms with Crippen molar-refractivity contribution in [3.8, 4) is 16.3 Å². The highest BCUT2D eigenvalue weighted by molar-refractivity contribution is 7.19. The van der Waals surface area contributed by atoms with Crippen LogP contribution < -0.4 is 5.32 Å². The van der Waals surface area contributed by atoms with Crippen LogP contribution >= 0.6 is 46.1 Å². The molecule has 2 heterocycles. The SMILES string of the molecule is Cc1c(C(=O)NC(C)C2CCCCC2)nn(-c2ccc(Cl)cc2Cl)c1-c1ccc(Cl)s1. The van der Waals surface area contributed by atoms with Crippen molar-refractivity contribution in [2.75, 3.05) is 0 Å². The number of nitrogens with zero attached hydrogens (tertiary/aromatic N) is 2. The van der Waals surface area contributed by atoms with Crippen molar-refractivity contribution in [3.63, 3.8) is 0 Å². The average molecular weight is 497 g/mol. The van der Waals surface area contributed by atoms with E-state index >= 15 is 0 Å². The first-order valence-corrected chi connectivity index (χ1v) is 12.4. The van der Waals surface area contributed by atoms with Gasteiger partial charge in [0.2, 0.25) is 0 Å². The summed E-state index contributed by atoms with van der Waals surface area (Å²) in [4.78, 5) is 14.1. The molecule has 0 saturated heterocycles. The van der Waals surface area contributed by atoms with Gasteiger partial charge in [-0.25, -0.2) is 4.68 Å². The van der Waals surface area contributed by atoms with Crippen LogP contribution in [0.3, 0.4) is 0 Å². The van der Waals surface area contributed by atoms with E-state index in [4.69, 9.17) is 39.9 Å². The van der Waals surface area contributed by atoms with E-state index in [1.165, 1.54) is 30.6 Å². The number of thiophene rings is 1. The van der Waals surface area contributed by atoms with E-state index in [1.807, 2.05) is 25.1 Å². The molecule has 2 aromatic heterocycles. The molecule has 1 fully saturated rings. The number of halogens is 3. The highest BCUT2D eigenvalue weighted by Gasteiger charge is 2.27. The summed E-state index contributed by atoms with van der Waals surface area (Å²) >= 11 is 20.2. The van der Waals surface area contributed by atoms with Gasteiger partial charge in [-0.05, 0) is 62.9 Å². The van der Waals surface area contributed by atoms with E-state index in [1.54, 1.807) is 16.8 Å². The predicted octanol–water partition coefficient (Wildman–Crippen LogP) is 7.57. The van der Waals surface area contributed by atoms with Crippen molar-refractivity contribution in [1.82, 2.24) is 15.1 Å². The quantitative estimate of drug-likeness (QED) is 0.396. The third-order valence-corrected chi connectivity index (χ3v) is 7.77. The van der Waals surface area contributed by atoms with Crippen LogP contribution in [0.25, 0.3) is 16.3 Å². The van der Waals surface area contributed by atoms with E-state index in [0.29, 0.717) is 31.7 Å². The van der Waals surface area contributed by atoms with E-state index in [2.05, 4.69) is 12.2 Å². The van der Waals surface area contributed by atoms with Gasteiger partial charge in [0.25, 0.3) is 5.91 Å². The summed E-state index contributed by atoms with van der Waals surface area (Å²) in [6.07, 6.45) is 6.07. The second-order valence-corrected chi connectivity index (χ2v) is 10.7. The Labute approximate surface area is 201 Å². The lowest BCUT2D eigenvalue weighted by Gasteiger charge is -2.28. The number of aromatic nitrogens is 2. The zero-order chi connectivity index (χ0) is 22.1. The summed E-state index contributed by atoms with van der Waals surface area (Å²) in [6, 6.07) is 9.12. The zero-order valence-corrected chi connectivity index (χ0v) is 20.5. The fourth-order valence-corrected chi connectivity index (χ4v) is 5.92. The van der Waals surface area contributed by atoms with Crippen LogP contribution in [0.5, 0.6) is 0 Å². The first kappa shape index (κ1) is 22.7. The molecule has 1 aliphatic rings. The lowest BCUT2D eigenvalue weighted by molar-refractivity contribution is 0.0913. The molecule has 1 aromatic carbocycles. The normalized spacial score (nSPS) is 15.8. The Bertz CT molecular complexity index is 1100. The predicted molar refractivity (Wildman–Crippen MR) is 130 cm³/mol. The van der Waals surface area contributed by atoms with Crippen LogP contribution in [0.15, 0.2) is 30.3 Å². The van der Waals surface area contributed by atoms with Crippen LogP contribution in [0, 0.1) is 12.8 Å². The number of hydrogen-bond acceptors (Lipinski definition) is 3. The number of nitrogens with one attached hydrogen (secondary N) is 1. The number of carbonyl (C=O) groups is 1. The molecular formula is C23H24Cl3N3OS. The molecular weight excluding hydrogens is 473 g/mol. The summed E-state index contributed by atoms with van der Waals surface area (Å²) in [7, 11) is 0. The van der Waals surface area contributed by atoms with E-state index in [9.17, 15) is 4.79 Å². The summed E-state index contributed by atoms with van der Waals surface area (Å²) in [5.74, 6) is 0.352. The highest BCUT2D eigenvalue weighted by atomic mass is 35.5. The van der Waals surface area contributed by atoms with Crippen LogP contribution in [-0.2, 0) is 0 Å². The Kier molecular flexibility index (Phi) is 6.97. The fraction of sp³-hybridized carbons (Fsp3) is 0.391. The van der Waals surface area contributed by atoms with Gasteiger partial charge in [0.15, 0.2) is 5.69 Å². The number of carbonyl (C=O) groups excluding carboxylic acids is 1. The molecule has 4 rings (SSSR count). The Morgan fingerprint density at radius 2 is 1.90 bits per heavy atom. The van der Waals surface area contributed by atoms with Gasteiger partial charge < -0.3 is 5.32 Å². The third-order valence-electron chi connectivity index (χ3n) is 6.00. The molecule has 4 nitrogen and oxygen atoms in total. The van der Waals surface area contributed by atoms with Crippen LogP contribution in [0.4, 0.5) is 0 Å². The summed E-state index contributed by atoms with van der Waals surface area (Å²) in [5, 5.41) is 8.88. The van der Waals surface area contributed by atoms with Crippen LogP contribution in [-0.4, -0.2) is 21.7 Å². The van der Waals surface area contributed by atoms with Gasteiger partial charge in [-0.2, -0.15) is 5.10 Å². The Morgan fingerprint density at radius 1 is 1.16 bits per heavy atom. The monoisotopic (exact) mass is 495 g/mol. The first-order valence-electron chi connectivity index (χ1n) is 10.5. The first-order chi connectivity index (χ1) is 14.8. The van der Waals surface area contributed by atoms with Crippen molar-refractivity contribution in [1.29, 1.82) is 0 Å². The average Bonchev–Trinajstić information content (AvgIpc) is 3.31. The minimum Gasteiger partial charge on any atom is -0.348 e. The summed E-state index contributed by atoms with van der Waals surface area (Å²) in [5.41, 5.74) is 2.65. The van der Waals surface area contributed by atoms with Gasteiger partial charge in [0, 0.05) is 16.6 Å². The zero-order valence-electron chi connectivity index (χ0n) is 17.4. The van der Waals surface area contributed by atoms with Gasteiger partial charge in [0.1, 0.15) is 0 Å². The molecule has 1 saturated carbocycles. The molecule has 3 aromatic rings. The minimum atomic E-state index is -0.164. The van der Waals surface area contributed by atoms with Crippen molar-refractivity contribution < 1.29 is 4.79 Å². The van der Waals surface area contributed by atoms with Crippen molar-refractivity contribution >= 4 is 52.0 Å². The topological polar surface area (TPSA) is 46.9 Å². The molecule has 31 heavy (non-hydrogen) atoms. The maximum Gasteiger partial charge on any atom is 0.272 e. The number of hydrogen-bond donors (Lipinski definition) is 1. The van der Waals surface area contributed by atoms with E-state index < -0.39 is 0 Å². The summed E-state index contributed by atoms with van der Waals surface area (Å²) < 4.78 is 2.39. The Morgan fingerprint density at radius 3 is 2.55 bits per heavy atom. The molecule has 0 spiro atoms. The molecule has 164 valence electrons. The van der Waals surface area contributed by atoms with E-state index in [-0.39, 0.29) is 11.9 Å². The molecule has 1 N–H and O–H groups in total. The van der Waals surface area contributed by atoms with Crippen molar-refractivity contribution in [2.45, 2.75) is 52.0 Å². The lowest BCUT2D eigenvalue weighted by Crippen LogP contribution is -2.39. The number of rotatable bonds is 5.